The summed E-state index contributed by atoms with van der Waals surface area (Å²) in [6, 6.07) is 1.88. The maximum absolute atomic E-state index is 5.50. The molecule has 0 atom stereocenters. The molecule has 0 fully saturated rings. The van der Waals surface area contributed by atoms with Crippen molar-refractivity contribution in [2.24, 2.45) is 5.73 Å². The standard InChI is InChI=1S/C7H8N4/c8-5-6-1-2-9-7-10-3-4-11(6)7/h1-4H,5,8H2. The van der Waals surface area contributed by atoms with Crippen molar-refractivity contribution < 1.29 is 0 Å². The largest absolute Gasteiger partial charge is 0.325 e. The minimum absolute atomic E-state index is 0.509. The second-order valence-electron chi connectivity index (χ2n) is 2.24. The number of hydrogen-bond donors (Lipinski definition) is 1. The summed E-state index contributed by atoms with van der Waals surface area (Å²) in [5.74, 6) is 0.702. The van der Waals surface area contributed by atoms with Gasteiger partial charge in [-0.1, -0.05) is 0 Å². The molecular formula is C7H8N4. The van der Waals surface area contributed by atoms with Gasteiger partial charge in [-0.3, -0.25) is 4.40 Å². The summed E-state index contributed by atoms with van der Waals surface area (Å²) < 4.78 is 1.88. The smallest absolute Gasteiger partial charge is 0.233 e. The van der Waals surface area contributed by atoms with E-state index in [1.807, 2.05) is 16.7 Å². The van der Waals surface area contributed by atoms with Gasteiger partial charge < -0.3 is 5.73 Å². The van der Waals surface area contributed by atoms with Gasteiger partial charge in [-0.05, 0) is 6.07 Å². The number of nitrogens with zero attached hydrogens (tertiary/aromatic N) is 3. The topological polar surface area (TPSA) is 56.2 Å². The van der Waals surface area contributed by atoms with Crippen LogP contribution < -0.4 is 5.73 Å². The summed E-state index contributed by atoms with van der Waals surface area (Å²) >= 11 is 0. The van der Waals surface area contributed by atoms with E-state index >= 15 is 0 Å². The first kappa shape index (κ1) is 6.30. The Kier molecular flexibility index (Phi) is 1.33. The molecule has 0 radical (unpaired) electrons. The van der Waals surface area contributed by atoms with Crippen molar-refractivity contribution >= 4 is 5.78 Å². The van der Waals surface area contributed by atoms with E-state index in [2.05, 4.69) is 9.97 Å². The van der Waals surface area contributed by atoms with E-state index < -0.39 is 0 Å². The summed E-state index contributed by atoms with van der Waals surface area (Å²) in [5.41, 5.74) is 6.52. The van der Waals surface area contributed by atoms with Crippen LogP contribution in [-0.4, -0.2) is 14.4 Å². The van der Waals surface area contributed by atoms with Crippen LogP contribution in [0.5, 0.6) is 0 Å². The van der Waals surface area contributed by atoms with Crippen molar-refractivity contribution in [2.45, 2.75) is 6.54 Å². The van der Waals surface area contributed by atoms with Crippen LogP contribution in [0.2, 0.25) is 0 Å². The molecule has 2 aromatic heterocycles. The highest BCUT2D eigenvalue weighted by Gasteiger charge is 1.97. The molecule has 4 heteroatoms. The Hall–Kier alpha value is -1.42. The van der Waals surface area contributed by atoms with Gasteiger partial charge in [0, 0.05) is 30.8 Å². The molecule has 0 aliphatic carbocycles. The SMILES string of the molecule is NCc1ccnc2nccn12. The van der Waals surface area contributed by atoms with Gasteiger partial charge in [0.05, 0.1) is 0 Å². The Bertz CT molecular complexity index is 365. The fourth-order valence-electron chi connectivity index (χ4n) is 1.05. The second-order valence-corrected chi connectivity index (χ2v) is 2.24. The average molecular weight is 148 g/mol. The lowest BCUT2D eigenvalue weighted by atomic mass is 10.4. The molecule has 0 unspecified atom stereocenters. The lowest BCUT2D eigenvalue weighted by molar-refractivity contribution is 0.926. The van der Waals surface area contributed by atoms with Crippen molar-refractivity contribution in [1.29, 1.82) is 0 Å². The highest BCUT2D eigenvalue weighted by Crippen LogP contribution is 2.00. The average Bonchev–Trinajstić information content (AvgIpc) is 2.50. The maximum Gasteiger partial charge on any atom is 0.233 e. The Morgan fingerprint density at radius 3 is 3.00 bits per heavy atom. The van der Waals surface area contributed by atoms with Crippen LogP contribution in [0.1, 0.15) is 5.69 Å². The monoisotopic (exact) mass is 148 g/mol. The minimum atomic E-state index is 0.509. The third kappa shape index (κ3) is 0.877. The van der Waals surface area contributed by atoms with Gasteiger partial charge in [0.15, 0.2) is 0 Å². The maximum atomic E-state index is 5.50. The molecule has 2 heterocycles. The van der Waals surface area contributed by atoms with E-state index in [9.17, 15) is 0 Å². The fourth-order valence-corrected chi connectivity index (χ4v) is 1.05. The lowest BCUT2D eigenvalue weighted by Crippen LogP contribution is -2.03. The summed E-state index contributed by atoms with van der Waals surface area (Å²) in [6.45, 7) is 0.509. The van der Waals surface area contributed by atoms with Crippen LogP contribution in [0.25, 0.3) is 5.78 Å². The zero-order chi connectivity index (χ0) is 7.68. The molecule has 0 aromatic carbocycles. The molecular weight excluding hydrogens is 140 g/mol. The van der Waals surface area contributed by atoms with Crippen molar-refractivity contribution in [1.82, 2.24) is 14.4 Å². The van der Waals surface area contributed by atoms with Gasteiger partial charge >= 0.3 is 0 Å². The summed E-state index contributed by atoms with van der Waals surface area (Å²) in [7, 11) is 0. The van der Waals surface area contributed by atoms with Crippen LogP contribution in [0.15, 0.2) is 24.7 Å². The van der Waals surface area contributed by atoms with Gasteiger partial charge in [0.25, 0.3) is 0 Å². The molecule has 2 N–H and O–H groups in total. The van der Waals surface area contributed by atoms with Crippen molar-refractivity contribution in [3.05, 3.63) is 30.4 Å². The Morgan fingerprint density at radius 2 is 2.18 bits per heavy atom. The number of hydrogen-bond acceptors (Lipinski definition) is 3. The molecule has 4 nitrogen and oxygen atoms in total. The number of rotatable bonds is 1. The molecule has 0 amide bonds. The van der Waals surface area contributed by atoms with Crippen LogP contribution in [-0.2, 0) is 6.54 Å². The molecule has 0 bridgehead atoms. The number of imidazole rings is 1. The molecule has 0 aliphatic heterocycles. The normalized spacial score (nSPS) is 10.6. The summed E-state index contributed by atoms with van der Waals surface area (Å²) in [6.07, 6.45) is 5.27. The quantitative estimate of drug-likeness (QED) is 0.628. The van der Waals surface area contributed by atoms with Crippen LogP contribution in [0, 0.1) is 0 Å². The first-order valence-corrected chi connectivity index (χ1v) is 3.39. The van der Waals surface area contributed by atoms with Gasteiger partial charge in [0.2, 0.25) is 5.78 Å². The predicted molar refractivity (Wildman–Crippen MR) is 40.9 cm³/mol. The molecule has 56 valence electrons. The lowest BCUT2D eigenvalue weighted by Gasteiger charge is -1.98. The Morgan fingerprint density at radius 1 is 1.36 bits per heavy atom. The van der Waals surface area contributed by atoms with Crippen LogP contribution in [0.4, 0.5) is 0 Å². The zero-order valence-electron chi connectivity index (χ0n) is 5.94. The number of fused-ring (bicyclic) bond motifs is 1. The van der Waals surface area contributed by atoms with E-state index in [0.717, 1.165) is 5.69 Å². The first-order chi connectivity index (χ1) is 5.42. The Balaban J connectivity index is 2.79. The number of aromatic nitrogens is 3. The van der Waals surface area contributed by atoms with E-state index in [-0.39, 0.29) is 0 Å². The van der Waals surface area contributed by atoms with Crippen LogP contribution in [0.3, 0.4) is 0 Å². The predicted octanol–water partition coefficient (Wildman–Crippen LogP) is 0.188. The van der Waals surface area contributed by atoms with Crippen molar-refractivity contribution in [2.75, 3.05) is 0 Å². The van der Waals surface area contributed by atoms with Crippen molar-refractivity contribution in [3.63, 3.8) is 0 Å². The number of nitrogens with two attached hydrogens (primary N) is 1. The second kappa shape index (κ2) is 2.32. The zero-order valence-corrected chi connectivity index (χ0v) is 5.94. The van der Waals surface area contributed by atoms with E-state index in [4.69, 9.17) is 5.73 Å². The molecule has 0 spiro atoms. The van der Waals surface area contributed by atoms with E-state index in [1.54, 1.807) is 12.4 Å². The molecule has 2 rings (SSSR count). The van der Waals surface area contributed by atoms with Crippen molar-refractivity contribution in [3.8, 4) is 0 Å². The fraction of sp³-hybridized carbons (Fsp3) is 0.143. The molecule has 11 heavy (non-hydrogen) atoms. The van der Waals surface area contributed by atoms with Gasteiger partial charge in [-0.2, -0.15) is 0 Å². The minimum Gasteiger partial charge on any atom is -0.325 e. The third-order valence-electron chi connectivity index (χ3n) is 1.60. The van der Waals surface area contributed by atoms with Gasteiger partial charge in [-0.25, -0.2) is 9.97 Å². The van der Waals surface area contributed by atoms with Gasteiger partial charge in [0.1, 0.15) is 0 Å². The first-order valence-electron chi connectivity index (χ1n) is 3.39. The van der Waals surface area contributed by atoms with E-state index in [1.165, 1.54) is 0 Å². The molecule has 0 aliphatic rings. The highest BCUT2D eigenvalue weighted by molar-refractivity contribution is 5.29. The molecule has 2 aromatic rings. The summed E-state index contributed by atoms with van der Waals surface area (Å²) in [4.78, 5) is 8.07. The Labute approximate surface area is 63.7 Å². The van der Waals surface area contributed by atoms with Gasteiger partial charge in [-0.15, -0.1) is 0 Å². The molecule has 0 saturated heterocycles. The van der Waals surface area contributed by atoms with E-state index in [0.29, 0.717) is 12.3 Å². The third-order valence-corrected chi connectivity index (χ3v) is 1.60. The van der Waals surface area contributed by atoms with Crippen LogP contribution >= 0.6 is 0 Å². The summed E-state index contributed by atoms with van der Waals surface area (Å²) in [5, 5.41) is 0. The highest BCUT2D eigenvalue weighted by atomic mass is 15.1. The molecule has 0 saturated carbocycles.